The Morgan fingerprint density at radius 2 is 2.15 bits per heavy atom. The Hall–Kier alpha value is -1.40. The van der Waals surface area contributed by atoms with Gasteiger partial charge < -0.3 is 15.8 Å². The van der Waals surface area contributed by atoms with E-state index in [9.17, 15) is 13.6 Å². The topological polar surface area (TPSA) is 64.4 Å². The van der Waals surface area contributed by atoms with Gasteiger partial charge in [-0.25, -0.2) is 0 Å². The molecule has 0 unspecified atom stereocenters. The quantitative estimate of drug-likeness (QED) is 0.814. The van der Waals surface area contributed by atoms with E-state index in [0.717, 1.165) is 0 Å². The van der Waals surface area contributed by atoms with Gasteiger partial charge in [-0.2, -0.15) is 8.78 Å². The Balaban J connectivity index is 2.80. The minimum atomic E-state index is -2.91. The summed E-state index contributed by atoms with van der Waals surface area (Å²) in [5, 5.41) is 3.48. The summed E-state index contributed by atoms with van der Waals surface area (Å²) in [6.07, 6.45) is 0.124. The van der Waals surface area contributed by atoms with Crippen molar-refractivity contribution in [2.24, 2.45) is 5.73 Å². The van der Waals surface area contributed by atoms with E-state index in [1.165, 1.54) is 18.2 Å². The minimum Gasteiger partial charge on any atom is -0.434 e. The zero-order valence-electron chi connectivity index (χ0n) is 11.3. The predicted octanol–water partition coefficient (Wildman–Crippen LogP) is 2.69. The lowest BCUT2D eigenvalue weighted by Crippen LogP contribution is -2.42. The second-order valence-electron chi connectivity index (χ2n) is 5.01. The van der Waals surface area contributed by atoms with Crippen LogP contribution in [0.5, 0.6) is 5.75 Å². The average Bonchev–Trinajstić information content (AvgIpc) is 2.27. The summed E-state index contributed by atoms with van der Waals surface area (Å²) in [5.74, 6) is -0.399. The summed E-state index contributed by atoms with van der Waals surface area (Å²) in [7, 11) is 0. The van der Waals surface area contributed by atoms with E-state index in [2.05, 4.69) is 10.1 Å². The molecule has 112 valence electrons. The molecule has 4 nitrogen and oxygen atoms in total. The maximum absolute atomic E-state index is 12.3. The number of amides is 1. The Kier molecular flexibility index (Phi) is 5.71. The first-order valence-corrected chi connectivity index (χ1v) is 6.34. The number of hydrogen-bond acceptors (Lipinski definition) is 3. The number of hydrogen-bond donors (Lipinski definition) is 2. The number of primary amides is 1. The maximum Gasteiger partial charge on any atom is 0.387 e. The van der Waals surface area contributed by atoms with Crippen molar-refractivity contribution in [3.63, 3.8) is 0 Å². The van der Waals surface area contributed by atoms with Crippen molar-refractivity contribution < 1.29 is 18.3 Å². The molecule has 0 atom stereocenters. The molecule has 0 spiro atoms. The molecule has 0 aromatic heterocycles. The second kappa shape index (κ2) is 6.85. The van der Waals surface area contributed by atoms with Crippen LogP contribution in [0.15, 0.2) is 18.2 Å². The number of ether oxygens (including phenoxy) is 1. The van der Waals surface area contributed by atoms with E-state index in [-0.39, 0.29) is 18.7 Å². The summed E-state index contributed by atoms with van der Waals surface area (Å²) in [6, 6.07) is 4.39. The van der Waals surface area contributed by atoms with Crippen LogP contribution in [0.4, 0.5) is 8.78 Å². The van der Waals surface area contributed by atoms with Crippen LogP contribution in [-0.2, 0) is 11.3 Å². The van der Waals surface area contributed by atoms with Crippen molar-refractivity contribution in [1.82, 2.24) is 5.32 Å². The Morgan fingerprint density at radius 3 is 2.70 bits per heavy atom. The van der Waals surface area contributed by atoms with Crippen molar-refractivity contribution in [3.8, 4) is 5.75 Å². The highest BCUT2D eigenvalue weighted by Crippen LogP contribution is 2.25. The van der Waals surface area contributed by atoms with E-state index >= 15 is 0 Å². The molecule has 1 amide bonds. The summed E-state index contributed by atoms with van der Waals surface area (Å²) < 4.78 is 29.0. The molecular weight excluding hydrogens is 290 g/mol. The lowest BCUT2D eigenvalue weighted by atomic mass is 10.00. The number of carbonyl (C=O) groups excluding carboxylic acids is 1. The fourth-order valence-corrected chi connectivity index (χ4v) is 1.92. The third-order valence-electron chi connectivity index (χ3n) is 2.61. The van der Waals surface area contributed by atoms with Gasteiger partial charge in [0, 0.05) is 29.1 Å². The first-order valence-electron chi connectivity index (χ1n) is 5.96. The van der Waals surface area contributed by atoms with Crippen LogP contribution >= 0.6 is 11.6 Å². The van der Waals surface area contributed by atoms with Crippen LogP contribution in [0.3, 0.4) is 0 Å². The predicted molar refractivity (Wildman–Crippen MR) is 72.8 cm³/mol. The minimum absolute atomic E-state index is 0.0479. The van der Waals surface area contributed by atoms with Crippen LogP contribution in [0.1, 0.15) is 25.8 Å². The molecule has 0 fully saturated rings. The third-order valence-corrected chi connectivity index (χ3v) is 2.85. The normalized spacial score (nSPS) is 11.7. The Labute approximate surface area is 121 Å². The van der Waals surface area contributed by atoms with E-state index < -0.39 is 18.1 Å². The zero-order chi connectivity index (χ0) is 15.3. The van der Waals surface area contributed by atoms with Gasteiger partial charge in [-0.05, 0) is 32.0 Å². The Morgan fingerprint density at radius 1 is 1.50 bits per heavy atom. The van der Waals surface area contributed by atoms with E-state index in [1.807, 2.05) is 0 Å². The van der Waals surface area contributed by atoms with Crippen molar-refractivity contribution >= 4 is 17.5 Å². The number of alkyl halides is 2. The molecule has 0 heterocycles. The molecule has 7 heteroatoms. The summed E-state index contributed by atoms with van der Waals surface area (Å²) in [5.41, 5.74) is 5.07. The molecule has 0 saturated carbocycles. The zero-order valence-corrected chi connectivity index (χ0v) is 12.0. The molecule has 3 N–H and O–H groups in total. The number of carbonyl (C=O) groups is 1. The first-order chi connectivity index (χ1) is 9.19. The van der Waals surface area contributed by atoms with Gasteiger partial charge >= 0.3 is 6.61 Å². The van der Waals surface area contributed by atoms with Crippen LogP contribution < -0.4 is 15.8 Å². The lowest BCUT2D eigenvalue weighted by molar-refractivity contribution is -0.119. The van der Waals surface area contributed by atoms with Crippen LogP contribution in [0.2, 0.25) is 5.02 Å². The third kappa shape index (κ3) is 5.71. The van der Waals surface area contributed by atoms with E-state index in [0.29, 0.717) is 10.6 Å². The summed E-state index contributed by atoms with van der Waals surface area (Å²) in [4.78, 5) is 10.9. The van der Waals surface area contributed by atoms with Crippen molar-refractivity contribution in [3.05, 3.63) is 28.8 Å². The van der Waals surface area contributed by atoms with Gasteiger partial charge in [0.05, 0.1) is 0 Å². The molecule has 1 rings (SSSR count). The number of rotatable bonds is 7. The maximum atomic E-state index is 12.3. The first kappa shape index (κ1) is 16.7. The monoisotopic (exact) mass is 306 g/mol. The lowest BCUT2D eigenvalue weighted by Gasteiger charge is -2.25. The summed E-state index contributed by atoms with van der Waals surface area (Å²) in [6.45, 7) is 0.892. The summed E-state index contributed by atoms with van der Waals surface area (Å²) >= 11 is 5.84. The SMILES string of the molecule is CC(C)(CC(N)=O)NCc1cc(Cl)ccc1OC(F)F. The number of nitrogens with one attached hydrogen (secondary N) is 1. The Bertz CT molecular complexity index is 481. The van der Waals surface area contributed by atoms with Crippen molar-refractivity contribution in [1.29, 1.82) is 0 Å². The average molecular weight is 307 g/mol. The molecule has 0 aliphatic rings. The molecular formula is C13H17ClF2N2O2. The molecule has 1 aromatic carbocycles. The van der Waals surface area contributed by atoms with Gasteiger partial charge in [0.15, 0.2) is 0 Å². The van der Waals surface area contributed by atoms with Crippen molar-refractivity contribution in [2.45, 2.75) is 39.0 Å². The van der Waals surface area contributed by atoms with Crippen LogP contribution in [0.25, 0.3) is 0 Å². The highest BCUT2D eigenvalue weighted by Gasteiger charge is 2.20. The number of nitrogens with two attached hydrogens (primary N) is 1. The highest BCUT2D eigenvalue weighted by molar-refractivity contribution is 6.30. The van der Waals surface area contributed by atoms with Crippen LogP contribution in [0, 0.1) is 0 Å². The van der Waals surface area contributed by atoms with E-state index in [1.54, 1.807) is 13.8 Å². The number of benzene rings is 1. The smallest absolute Gasteiger partial charge is 0.387 e. The van der Waals surface area contributed by atoms with Crippen LogP contribution in [-0.4, -0.2) is 18.1 Å². The van der Waals surface area contributed by atoms with E-state index in [4.69, 9.17) is 17.3 Å². The van der Waals surface area contributed by atoms with Gasteiger partial charge in [0.1, 0.15) is 5.75 Å². The standard InChI is InChI=1S/C13H17ClF2N2O2/c1-13(2,6-11(17)19)18-7-8-5-9(14)3-4-10(8)20-12(15)16/h3-5,12,18H,6-7H2,1-2H3,(H2,17,19). The van der Waals surface area contributed by atoms with Gasteiger partial charge in [-0.3, -0.25) is 4.79 Å². The molecule has 0 bridgehead atoms. The van der Waals surface area contributed by atoms with Gasteiger partial charge in [0.2, 0.25) is 5.91 Å². The fourth-order valence-electron chi connectivity index (χ4n) is 1.73. The van der Waals surface area contributed by atoms with Gasteiger partial charge in [-0.15, -0.1) is 0 Å². The molecule has 20 heavy (non-hydrogen) atoms. The largest absolute Gasteiger partial charge is 0.434 e. The van der Waals surface area contributed by atoms with Gasteiger partial charge in [0.25, 0.3) is 0 Å². The van der Waals surface area contributed by atoms with Crippen molar-refractivity contribution in [2.75, 3.05) is 0 Å². The second-order valence-corrected chi connectivity index (χ2v) is 5.45. The molecule has 0 aliphatic carbocycles. The van der Waals surface area contributed by atoms with Gasteiger partial charge in [-0.1, -0.05) is 11.6 Å². The molecule has 0 radical (unpaired) electrons. The highest BCUT2D eigenvalue weighted by atomic mass is 35.5. The number of halogens is 3. The molecule has 1 aromatic rings. The molecule has 0 saturated heterocycles. The fraction of sp³-hybridized carbons (Fsp3) is 0.462. The molecule has 0 aliphatic heterocycles.